The Kier molecular flexibility index (Phi) is 3.69. The minimum absolute atomic E-state index is 0.0347. The fourth-order valence-electron chi connectivity index (χ4n) is 4.47. The van der Waals surface area contributed by atoms with Gasteiger partial charge in [0.1, 0.15) is 0 Å². The van der Waals surface area contributed by atoms with Crippen LogP contribution in [0.25, 0.3) is 49.6 Å². The minimum Gasteiger partial charge on any atom is -0.284 e. The van der Waals surface area contributed by atoms with Gasteiger partial charge in [0, 0.05) is 34.9 Å². The van der Waals surface area contributed by atoms with Crippen molar-refractivity contribution < 1.29 is 0 Å². The van der Waals surface area contributed by atoms with E-state index in [1.807, 2.05) is 22.9 Å². The zero-order chi connectivity index (χ0) is 21.2. The molecule has 0 saturated carbocycles. The lowest BCUT2D eigenvalue weighted by atomic mass is 9.82. The molecule has 0 amide bonds. The molecule has 4 nitrogen and oxygen atoms in total. The summed E-state index contributed by atoms with van der Waals surface area (Å²) in [6, 6.07) is 21.4. The van der Waals surface area contributed by atoms with Gasteiger partial charge >= 0.3 is 0 Å². The van der Waals surface area contributed by atoms with E-state index in [0.29, 0.717) is 5.78 Å². The highest BCUT2D eigenvalue weighted by Crippen LogP contribution is 2.35. The Bertz CT molecular complexity index is 1620. The number of aromatic nitrogens is 4. The molecular formula is C27H22N4. The van der Waals surface area contributed by atoms with E-state index in [1.165, 1.54) is 16.3 Å². The average Bonchev–Trinajstić information content (AvgIpc) is 3.16. The Morgan fingerprint density at radius 1 is 0.806 bits per heavy atom. The highest BCUT2D eigenvalue weighted by atomic mass is 15.1. The molecule has 0 N–H and O–H groups in total. The van der Waals surface area contributed by atoms with Gasteiger partial charge < -0.3 is 0 Å². The molecule has 0 aliphatic rings. The predicted octanol–water partition coefficient (Wildman–Crippen LogP) is 6.55. The van der Waals surface area contributed by atoms with Crippen LogP contribution in [0.1, 0.15) is 26.3 Å². The van der Waals surface area contributed by atoms with Gasteiger partial charge in [0.2, 0.25) is 5.78 Å². The number of nitrogens with zero attached hydrogens (tertiary/aromatic N) is 4. The molecule has 0 radical (unpaired) electrons. The maximum absolute atomic E-state index is 4.82. The first-order valence-electron chi connectivity index (χ1n) is 10.5. The number of rotatable bonds is 1. The summed E-state index contributed by atoms with van der Waals surface area (Å²) in [5, 5.41) is 4.71. The molecule has 3 aromatic carbocycles. The number of imidazole rings is 1. The molecule has 6 rings (SSSR count). The van der Waals surface area contributed by atoms with E-state index in [1.54, 1.807) is 6.20 Å². The monoisotopic (exact) mass is 402 g/mol. The highest BCUT2D eigenvalue weighted by molar-refractivity contribution is 6.06. The van der Waals surface area contributed by atoms with Crippen LogP contribution in [0.5, 0.6) is 0 Å². The summed E-state index contributed by atoms with van der Waals surface area (Å²) in [5.74, 6) is 0.712. The normalized spacial score (nSPS) is 12.4. The Morgan fingerprint density at radius 2 is 1.68 bits per heavy atom. The molecule has 0 fully saturated rings. The van der Waals surface area contributed by atoms with Crippen molar-refractivity contribution in [2.45, 2.75) is 26.2 Å². The van der Waals surface area contributed by atoms with E-state index in [2.05, 4.69) is 80.4 Å². The number of hydrogen-bond acceptors (Lipinski definition) is 3. The number of fused-ring (bicyclic) bond motifs is 6. The first-order valence-corrected chi connectivity index (χ1v) is 10.5. The van der Waals surface area contributed by atoms with Gasteiger partial charge in [0.15, 0.2) is 0 Å². The van der Waals surface area contributed by atoms with Gasteiger partial charge in [-0.2, -0.15) is 0 Å². The summed E-state index contributed by atoms with van der Waals surface area (Å²) in [5.41, 5.74) is 5.47. The van der Waals surface area contributed by atoms with Crippen LogP contribution in [0.4, 0.5) is 0 Å². The molecule has 0 atom stereocenters. The molecule has 6 aromatic rings. The van der Waals surface area contributed by atoms with Crippen LogP contribution in [0.3, 0.4) is 0 Å². The first-order chi connectivity index (χ1) is 15.0. The fourth-order valence-corrected chi connectivity index (χ4v) is 4.47. The second-order valence-corrected chi connectivity index (χ2v) is 9.12. The Labute approximate surface area is 180 Å². The van der Waals surface area contributed by atoms with Crippen LogP contribution < -0.4 is 0 Å². The lowest BCUT2D eigenvalue weighted by Gasteiger charge is -2.22. The van der Waals surface area contributed by atoms with Crippen LogP contribution in [0, 0.1) is 0 Å². The summed E-state index contributed by atoms with van der Waals surface area (Å²) in [7, 11) is 0. The predicted molar refractivity (Wildman–Crippen MR) is 127 cm³/mol. The highest BCUT2D eigenvalue weighted by Gasteiger charge is 2.19. The van der Waals surface area contributed by atoms with Crippen molar-refractivity contribution in [1.29, 1.82) is 0 Å². The van der Waals surface area contributed by atoms with Gasteiger partial charge in [-0.05, 0) is 52.1 Å². The Morgan fingerprint density at radius 3 is 2.55 bits per heavy atom. The van der Waals surface area contributed by atoms with Crippen molar-refractivity contribution in [2.75, 3.05) is 0 Å². The third-order valence-electron chi connectivity index (χ3n) is 6.02. The summed E-state index contributed by atoms with van der Waals surface area (Å²) in [6.07, 6.45) is 5.73. The van der Waals surface area contributed by atoms with Crippen molar-refractivity contribution in [1.82, 2.24) is 19.4 Å². The molecule has 0 aliphatic carbocycles. The van der Waals surface area contributed by atoms with Crippen LogP contribution in [-0.4, -0.2) is 19.4 Å². The van der Waals surface area contributed by atoms with E-state index in [9.17, 15) is 0 Å². The van der Waals surface area contributed by atoms with E-state index in [0.717, 1.165) is 33.1 Å². The average molecular weight is 403 g/mol. The molecule has 0 saturated heterocycles. The van der Waals surface area contributed by atoms with E-state index in [4.69, 9.17) is 9.97 Å². The van der Waals surface area contributed by atoms with Gasteiger partial charge in [-0.1, -0.05) is 51.1 Å². The minimum atomic E-state index is 0.0347. The lowest BCUT2D eigenvalue weighted by molar-refractivity contribution is 0.596. The zero-order valence-corrected chi connectivity index (χ0v) is 17.8. The SMILES string of the molecule is CC(C)(C)c1cc(-c2cc3c(ccc4c3nc3ncccn34)cn2)cc2ccccc12. The Hall–Kier alpha value is -3.79. The Balaban J connectivity index is 1.64. The molecular weight excluding hydrogens is 380 g/mol. The maximum Gasteiger partial charge on any atom is 0.234 e. The summed E-state index contributed by atoms with van der Waals surface area (Å²) >= 11 is 0. The van der Waals surface area contributed by atoms with Crippen molar-refractivity contribution in [3.05, 3.63) is 84.8 Å². The molecule has 4 heteroatoms. The largest absolute Gasteiger partial charge is 0.284 e. The van der Waals surface area contributed by atoms with E-state index >= 15 is 0 Å². The second kappa shape index (κ2) is 6.35. The van der Waals surface area contributed by atoms with Crippen molar-refractivity contribution in [3.63, 3.8) is 0 Å². The van der Waals surface area contributed by atoms with Crippen LogP contribution in [-0.2, 0) is 5.41 Å². The van der Waals surface area contributed by atoms with Crippen LogP contribution in [0.15, 0.2) is 79.3 Å². The first kappa shape index (κ1) is 18.0. The summed E-state index contributed by atoms with van der Waals surface area (Å²) in [4.78, 5) is 14.0. The third kappa shape index (κ3) is 2.79. The van der Waals surface area contributed by atoms with Gasteiger partial charge in [-0.25, -0.2) is 9.97 Å². The molecule has 0 spiro atoms. The van der Waals surface area contributed by atoms with Crippen molar-refractivity contribution in [3.8, 4) is 11.3 Å². The lowest BCUT2D eigenvalue weighted by Crippen LogP contribution is -2.12. The molecule has 0 aliphatic heterocycles. The summed E-state index contributed by atoms with van der Waals surface area (Å²) < 4.78 is 2.03. The molecule has 150 valence electrons. The quantitative estimate of drug-likeness (QED) is 0.313. The molecule has 3 heterocycles. The fraction of sp³-hybridized carbons (Fsp3) is 0.148. The van der Waals surface area contributed by atoms with E-state index < -0.39 is 0 Å². The number of hydrogen-bond donors (Lipinski definition) is 0. The topological polar surface area (TPSA) is 43.1 Å². The zero-order valence-electron chi connectivity index (χ0n) is 17.8. The maximum atomic E-state index is 4.82. The molecule has 3 aromatic heterocycles. The van der Waals surface area contributed by atoms with Gasteiger partial charge in [0.25, 0.3) is 0 Å². The molecule has 0 bridgehead atoms. The number of pyridine rings is 1. The van der Waals surface area contributed by atoms with Gasteiger partial charge in [-0.15, -0.1) is 0 Å². The number of benzene rings is 3. The van der Waals surface area contributed by atoms with Gasteiger partial charge in [-0.3, -0.25) is 9.38 Å². The summed E-state index contributed by atoms with van der Waals surface area (Å²) in [6.45, 7) is 6.79. The van der Waals surface area contributed by atoms with Crippen molar-refractivity contribution >= 4 is 38.4 Å². The smallest absolute Gasteiger partial charge is 0.234 e. The second-order valence-electron chi connectivity index (χ2n) is 9.12. The van der Waals surface area contributed by atoms with Crippen LogP contribution >= 0.6 is 0 Å². The van der Waals surface area contributed by atoms with Gasteiger partial charge in [0.05, 0.1) is 16.7 Å². The standard InChI is InChI=1S/C27H22N4/c1-27(2,3)22-14-19(13-17-7-4-5-8-20(17)22)23-15-21-18(16-29-23)9-10-24-25(21)30-26-28-11-6-12-31(24)26/h4-16H,1-3H3. The molecule has 0 unspecified atom stereocenters. The molecule has 31 heavy (non-hydrogen) atoms. The van der Waals surface area contributed by atoms with Crippen molar-refractivity contribution in [2.24, 2.45) is 0 Å². The third-order valence-corrected chi connectivity index (χ3v) is 6.02. The van der Waals surface area contributed by atoms with Crippen LogP contribution in [0.2, 0.25) is 0 Å². The van der Waals surface area contributed by atoms with E-state index in [-0.39, 0.29) is 5.41 Å².